The molecule has 1 N–H and O–H groups in total. The molecular weight excluding hydrogens is 178 g/mol. The van der Waals surface area contributed by atoms with Gasteiger partial charge in [-0.1, -0.05) is 0 Å². The van der Waals surface area contributed by atoms with Gasteiger partial charge in [-0.05, 0) is 0 Å². The van der Waals surface area contributed by atoms with Gasteiger partial charge in [0.1, 0.15) is 0 Å². The zero-order valence-electron chi connectivity index (χ0n) is 6.37. The monoisotopic (exact) mass is 185 g/mol. The third-order valence-electron chi connectivity index (χ3n) is 1.28. The maximum absolute atomic E-state index is 11.0. The largest absolute Gasteiger partial charge is 0.465 e. The number of hydrogen-bond acceptors (Lipinski definition) is 4. The van der Waals surface area contributed by atoms with Gasteiger partial charge in [0.15, 0.2) is 0 Å². The molecular formula is C7H7NO3S. The van der Waals surface area contributed by atoms with Crippen LogP contribution in [0, 0.1) is 0 Å². The Morgan fingerprint density at radius 3 is 3.00 bits per heavy atom. The molecule has 0 atom stereocenters. The van der Waals surface area contributed by atoms with Crippen molar-refractivity contribution < 1.29 is 14.3 Å². The number of thiophene rings is 1. The highest BCUT2D eigenvalue weighted by atomic mass is 32.1. The highest BCUT2D eigenvalue weighted by Gasteiger charge is 2.11. The Kier molecular flexibility index (Phi) is 2.82. The molecule has 1 heterocycles. The number of rotatable bonds is 3. The van der Waals surface area contributed by atoms with Crippen LogP contribution in [0.1, 0.15) is 10.4 Å². The van der Waals surface area contributed by atoms with E-state index in [0.717, 1.165) is 0 Å². The van der Waals surface area contributed by atoms with Crippen LogP contribution in [0.3, 0.4) is 0 Å². The summed E-state index contributed by atoms with van der Waals surface area (Å²) in [5.41, 5.74) is 0.872. The lowest BCUT2D eigenvalue weighted by atomic mass is 10.3. The maximum Gasteiger partial charge on any atom is 0.340 e. The molecule has 0 aromatic carbocycles. The van der Waals surface area contributed by atoms with Crippen molar-refractivity contribution in [2.75, 3.05) is 12.4 Å². The summed E-state index contributed by atoms with van der Waals surface area (Å²) in [7, 11) is 1.30. The van der Waals surface area contributed by atoms with E-state index >= 15 is 0 Å². The molecule has 0 spiro atoms. The van der Waals surface area contributed by atoms with Gasteiger partial charge in [-0.25, -0.2) is 4.79 Å². The van der Waals surface area contributed by atoms with Gasteiger partial charge in [0, 0.05) is 10.8 Å². The van der Waals surface area contributed by atoms with Crippen molar-refractivity contribution in [1.82, 2.24) is 0 Å². The molecule has 0 fully saturated rings. The zero-order chi connectivity index (χ0) is 8.97. The van der Waals surface area contributed by atoms with Crippen LogP contribution in [-0.4, -0.2) is 19.5 Å². The summed E-state index contributed by atoms with van der Waals surface area (Å²) < 4.78 is 4.49. The normalized spacial score (nSPS) is 9.08. The molecule has 0 aliphatic carbocycles. The lowest BCUT2D eigenvalue weighted by molar-refractivity contribution is -0.105. The van der Waals surface area contributed by atoms with E-state index in [4.69, 9.17) is 0 Å². The predicted octanol–water partition coefficient (Wildman–Crippen LogP) is 1.10. The zero-order valence-corrected chi connectivity index (χ0v) is 7.18. The van der Waals surface area contributed by atoms with Gasteiger partial charge >= 0.3 is 5.97 Å². The van der Waals surface area contributed by atoms with Crippen LogP contribution in [0.4, 0.5) is 5.69 Å². The standard InChI is InChI=1S/C7H7NO3S/c1-11-7(10)5-2-12-3-6(5)8-4-9/h2-4H,1H3,(H,8,9). The molecule has 12 heavy (non-hydrogen) atoms. The number of hydrogen-bond donors (Lipinski definition) is 1. The third kappa shape index (κ3) is 1.62. The van der Waals surface area contributed by atoms with E-state index in [1.165, 1.54) is 18.4 Å². The highest BCUT2D eigenvalue weighted by molar-refractivity contribution is 7.08. The molecule has 64 valence electrons. The molecule has 0 unspecified atom stereocenters. The molecule has 5 heteroatoms. The SMILES string of the molecule is COC(=O)c1cscc1NC=O. The topological polar surface area (TPSA) is 55.4 Å². The Labute approximate surface area is 73.2 Å². The minimum atomic E-state index is -0.444. The fraction of sp³-hybridized carbons (Fsp3) is 0.143. The van der Waals surface area contributed by atoms with Crippen LogP contribution in [-0.2, 0) is 9.53 Å². The van der Waals surface area contributed by atoms with Gasteiger partial charge in [-0.15, -0.1) is 11.3 Å². The van der Waals surface area contributed by atoms with Gasteiger partial charge in [-0.2, -0.15) is 0 Å². The second kappa shape index (κ2) is 3.87. The Balaban J connectivity index is 2.90. The third-order valence-corrected chi connectivity index (χ3v) is 2.03. The average Bonchev–Trinajstić information content (AvgIpc) is 2.52. The first-order chi connectivity index (χ1) is 5.79. The van der Waals surface area contributed by atoms with E-state index in [9.17, 15) is 9.59 Å². The van der Waals surface area contributed by atoms with Gasteiger partial charge in [0.2, 0.25) is 6.41 Å². The highest BCUT2D eigenvalue weighted by Crippen LogP contribution is 2.20. The second-order valence-electron chi connectivity index (χ2n) is 1.95. The molecule has 1 aromatic rings. The van der Waals surface area contributed by atoms with E-state index < -0.39 is 5.97 Å². The van der Waals surface area contributed by atoms with E-state index in [1.807, 2.05) is 0 Å². The molecule has 4 nitrogen and oxygen atoms in total. The molecule has 0 saturated carbocycles. The number of amides is 1. The summed E-state index contributed by atoms with van der Waals surface area (Å²) in [6.07, 6.45) is 0.522. The lowest BCUT2D eigenvalue weighted by Gasteiger charge is -1.98. The number of carbonyl (C=O) groups is 2. The number of ether oxygens (including phenoxy) is 1. The quantitative estimate of drug-likeness (QED) is 0.566. The smallest absolute Gasteiger partial charge is 0.340 e. The van der Waals surface area contributed by atoms with Crippen molar-refractivity contribution in [3.05, 3.63) is 16.3 Å². The second-order valence-corrected chi connectivity index (χ2v) is 2.70. The number of carbonyl (C=O) groups excluding carboxylic acids is 2. The van der Waals surface area contributed by atoms with E-state index in [2.05, 4.69) is 10.1 Å². The number of anilines is 1. The van der Waals surface area contributed by atoms with Gasteiger partial charge < -0.3 is 10.1 Å². The van der Waals surface area contributed by atoms with Crippen molar-refractivity contribution in [3.63, 3.8) is 0 Å². The van der Waals surface area contributed by atoms with Crippen LogP contribution in [0.2, 0.25) is 0 Å². The van der Waals surface area contributed by atoms with Crippen molar-refractivity contribution in [3.8, 4) is 0 Å². The molecule has 0 aliphatic heterocycles. The molecule has 1 amide bonds. The lowest BCUT2D eigenvalue weighted by Crippen LogP contribution is -2.04. The molecule has 0 bridgehead atoms. The Hall–Kier alpha value is -1.36. The predicted molar refractivity (Wildman–Crippen MR) is 45.3 cm³/mol. The van der Waals surface area contributed by atoms with Gasteiger partial charge in [0.25, 0.3) is 0 Å². The molecule has 1 rings (SSSR count). The van der Waals surface area contributed by atoms with Gasteiger partial charge in [-0.3, -0.25) is 4.79 Å². The summed E-state index contributed by atoms with van der Waals surface area (Å²) in [5.74, 6) is -0.444. The van der Waals surface area contributed by atoms with Crippen LogP contribution >= 0.6 is 11.3 Å². The summed E-state index contributed by atoms with van der Waals surface area (Å²) in [6.45, 7) is 0. The van der Waals surface area contributed by atoms with Crippen LogP contribution in [0.5, 0.6) is 0 Å². The Morgan fingerprint density at radius 1 is 1.67 bits per heavy atom. The summed E-state index contributed by atoms with van der Waals surface area (Å²) in [5, 5.41) is 5.69. The van der Waals surface area contributed by atoms with Crippen molar-refractivity contribution in [1.29, 1.82) is 0 Å². The first kappa shape index (κ1) is 8.73. The van der Waals surface area contributed by atoms with Crippen LogP contribution in [0.25, 0.3) is 0 Å². The van der Waals surface area contributed by atoms with Crippen molar-refractivity contribution in [2.24, 2.45) is 0 Å². The number of nitrogens with one attached hydrogen (secondary N) is 1. The van der Waals surface area contributed by atoms with Crippen molar-refractivity contribution in [2.45, 2.75) is 0 Å². The van der Waals surface area contributed by atoms with Crippen LogP contribution < -0.4 is 5.32 Å². The van der Waals surface area contributed by atoms with E-state index in [0.29, 0.717) is 17.7 Å². The van der Waals surface area contributed by atoms with Crippen LogP contribution in [0.15, 0.2) is 10.8 Å². The minimum absolute atomic E-state index is 0.384. The van der Waals surface area contributed by atoms with Crippen molar-refractivity contribution >= 4 is 29.4 Å². The number of esters is 1. The molecule has 0 aliphatic rings. The Bertz CT molecular complexity index is 295. The summed E-state index contributed by atoms with van der Waals surface area (Å²) in [4.78, 5) is 21.1. The van der Waals surface area contributed by atoms with E-state index in [1.54, 1.807) is 10.8 Å². The first-order valence-corrected chi connectivity index (χ1v) is 4.08. The van der Waals surface area contributed by atoms with Gasteiger partial charge in [0.05, 0.1) is 18.4 Å². The number of methoxy groups -OCH3 is 1. The maximum atomic E-state index is 11.0. The summed E-state index contributed by atoms with van der Waals surface area (Å²) in [6, 6.07) is 0. The molecule has 0 saturated heterocycles. The Morgan fingerprint density at radius 2 is 2.42 bits per heavy atom. The van der Waals surface area contributed by atoms with E-state index in [-0.39, 0.29) is 0 Å². The minimum Gasteiger partial charge on any atom is -0.465 e. The molecule has 1 aromatic heterocycles. The average molecular weight is 185 g/mol. The fourth-order valence-electron chi connectivity index (χ4n) is 0.740. The first-order valence-electron chi connectivity index (χ1n) is 3.14. The fourth-order valence-corrected chi connectivity index (χ4v) is 1.50. The molecule has 0 radical (unpaired) electrons. The summed E-state index contributed by atoms with van der Waals surface area (Å²) >= 11 is 1.33.